The molecule has 0 amide bonds. The fraction of sp³-hybridized carbons (Fsp3) is 0.750. The van der Waals surface area contributed by atoms with Gasteiger partial charge in [-0.2, -0.15) is 0 Å². The van der Waals surface area contributed by atoms with E-state index in [1.165, 1.54) is 5.01 Å². The average Bonchev–Trinajstić information content (AvgIpc) is 2.90. The number of thiazole rings is 1. The van der Waals surface area contributed by atoms with Crippen molar-refractivity contribution in [2.24, 2.45) is 4.99 Å². The summed E-state index contributed by atoms with van der Waals surface area (Å²) in [4.78, 5) is 9.06. The molecule has 1 aromatic rings. The molecule has 0 saturated heterocycles. The van der Waals surface area contributed by atoms with E-state index in [4.69, 9.17) is 4.74 Å². The van der Waals surface area contributed by atoms with Crippen molar-refractivity contribution in [3.63, 3.8) is 0 Å². The fourth-order valence-corrected chi connectivity index (χ4v) is 2.62. The van der Waals surface area contributed by atoms with Gasteiger partial charge in [0.05, 0.1) is 17.2 Å². The Balaban J connectivity index is 0.00000484. The minimum absolute atomic E-state index is 0. The van der Waals surface area contributed by atoms with Gasteiger partial charge in [-0.05, 0) is 47.0 Å². The molecule has 0 saturated carbocycles. The SMILES string of the molecule is CCNC(=NCC(C)(C)OC)NCCCCc1nc(C)cs1.I. The van der Waals surface area contributed by atoms with Gasteiger partial charge in [0.1, 0.15) is 0 Å². The molecule has 0 radical (unpaired) electrons. The van der Waals surface area contributed by atoms with E-state index in [0.29, 0.717) is 6.54 Å². The van der Waals surface area contributed by atoms with Crippen LogP contribution < -0.4 is 10.6 Å². The smallest absolute Gasteiger partial charge is 0.191 e. The minimum Gasteiger partial charge on any atom is -0.377 e. The van der Waals surface area contributed by atoms with E-state index in [9.17, 15) is 0 Å². The van der Waals surface area contributed by atoms with Crippen LogP contribution in [0.5, 0.6) is 0 Å². The summed E-state index contributed by atoms with van der Waals surface area (Å²) >= 11 is 1.75. The molecule has 0 fully saturated rings. The molecule has 1 aromatic heterocycles. The van der Waals surface area contributed by atoms with Gasteiger partial charge in [-0.3, -0.25) is 4.99 Å². The molecule has 5 nitrogen and oxygen atoms in total. The second-order valence-electron chi connectivity index (χ2n) is 5.93. The Morgan fingerprint density at radius 3 is 2.65 bits per heavy atom. The van der Waals surface area contributed by atoms with Crippen LogP contribution >= 0.6 is 35.3 Å². The van der Waals surface area contributed by atoms with Crippen LogP contribution in [0.3, 0.4) is 0 Å². The molecule has 134 valence electrons. The molecule has 0 aliphatic rings. The van der Waals surface area contributed by atoms with Gasteiger partial charge in [-0.25, -0.2) is 4.98 Å². The number of guanidine groups is 1. The van der Waals surface area contributed by atoms with E-state index in [1.54, 1.807) is 18.4 Å². The second-order valence-corrected chi connectivity index (χ2v) is 6.87. The van der Waals surface area contributed by atoms with E-state index in [0.717, 1.165) is 44.0 Å². The Hall–Kier alpha value is -0.410. The number of hydrogen-bond acceptors (Lipinski definition) is 4. The van der Waals surface area contributed by atoms with Crippen molar-refractivity contribution in [2.75, 3.05) is 26.7 Å². The standard InChI is InChI=1S/C16H30N4OS.HI/c1-6-17-15(19-12-16(3,4)21-5)18-10-8-7-9-14-20-13(2)11-22-14;/h11H,6-10,12H2,1-5H3,(H2,17,18,19);1H. The van der Waals surface area contributed by atoms with Crippen LogP contribution in [-0.2, 0) is 11.2 Å². The lowest BCUT2D eigenvalue weighted by Gasteiger charge is -2.21. The van der Waals surface area contributed by atoms with Crippen LogP contribution in [0.25, 0.3) is 0 Å². The summed E-state index contributed by atoms with van der Waals surface area (Å²) in [7, 11) is 1.72. The zero-order valence-corrected chi connectivity index (χ0v) is 18.1. The minimum atomic E-state index is -0.231. The highest BCUT2D eigenvalue weighted by Gasteiger charge is 2.15. The Kier molecular flexibility index (Phi) is 11.8. The third kappa shape index (κ3) is 10.1. The molecule has 1 rings (SSSR count). The number of aryl methyl sites for hydroxylation is 2. The predicted molar refractivity (Wildman–Crippen MR) is 110 cm³/mol. The largest absolute Gasteiger partial charge is 0.377 e. The molecule has 0 unspecified atom stereocenters. The normalized spacial score (nSPS) is 12.0. The average molecular weight is 454 g/mol. The van der Waals surface area contributed by atoms with Crippen LogP contribution in [0.2, 0.25) is 0 Å². The fourth-order valence-electron chi connectivity index (χ4n) is 1.80. The third-order valence-electron chi connectivity index (χ3n) is 3.29. The number of ether oxygens (including phenoxy) is 1. The molecule has 0 aliphatic heterocycles. The molecule has 2 N–H and O–H groups in total. The molecule has 7 heteroatoms. The van der Waals surface area contributed by atoms with Crippen molar-refractivity contribution in [2.45, 2.75) is 52.6 Å². The van der Waals surface area contributed by atoms with Crippen LogP contribution in [0.4, 0.5) is 0 Å². The first-order valence-electron chi connectivity index (χ1n) is 7.95. The summed E-state index contributed by atoms with van der Waals surface area (Å²) in [5.41, 5.74) is 0.894. The Morgan fingerprint density at radius 1 is 1.35 bits per heavy atom. The lowest BCUT2D eigenvalue weighted by atomic mass is 10.1. The highest BCUT2D eigenvalue weighted by molar-refractivity contribution is 14.0. The number of unbranched alkanes of at least 4 members (excludes halogenated alkanes) is 1. The Morgan fingerprint density at radius 2 is 2.09 bits per heavy atom. The van der Waals surface area contributed by atoms with Gasteiger partial charge in [0.25, 0.3) is 0 Å². The van der Waals surface area contributed by atoms with E-state index < -0.39 is 0 Å². The van der Waals surface area contributed by atoms with Crippen molar-refractivity contribution in [1.82, 2.24) is 15.6 Å². The Bertz CT molecular complexity index is 463. The number of halogens is 1. The predicted octanol–water partition coefficient (Wildman–Crippen LogP) is 3.37. The van der Waals surface area contributed by atoms with E-state index in [-0.39, 0.29) is 29.6 Å². The van der Waals surface area contributed by atoms with Gasteiger partial charge < -0.3 is 15.4 Å². The molecular formula is C16H31IN4OS. The monoisotopic (exact) mass is 454 g/mol. The maximum Gasteiger partial charge on any atom is 0.191 e. The van der Waals surface area contributed by atoms with Gasteiger partial charge in [-0.15, -0.1) is 35.3 Å². The summed E-state index contributed by atoms with van der Waals surface area (Å²) < 4.78 is 5.39. The molecule has 0 aromatic carbocycles. The molecule has 1 heterocycles. The van der Waals surface area contributed by atoms with Gasteiger partial charge in [0.2, 0.25) is 0 Å². The highest BCUT2D eigenvalue weighted by atomic mass is 127. The lowest BCUT2D eigenvalue weighted by molar-refractivity contribution is 0.0310. The van der Waals surface area contributed by atoms with Crippen LogP contribution in [-0.4, -0.2) is 43.3 Å². The van der Waals surface area contributed by atoms with Crippen molar-refractivity contribution in [3.05, 3.63) is 16.1 Å². The number of hydrogen-bond donors (Lipinski definition) is 2. The molecule has 0 bridgehead atoms. The molecule has 0 spiro atoms. The summed E-state index contributed by atoms with van der Waals surface area (Å²) in [5, 5.41) is 9.99. The van der Waals surface area contributed by atoms with E-state index in [1.807, 2.05) is 20.8 Å². The molecular weight excluding hydrogens is 423 g/mol. The first kappa shape index (κ1) is 22.6. The maximum atomic E-state index is 5.39. The second kappa shape index (κ2) is 12.0. The zero-order chi connectivity index (χ0) is 16.4. The number of rotatable bonds is 9. The number of nitrogens with zero attached hydrogens (tertiary/aromatic N) is 2. The topological polar surface area (TPSA) is 58.5 Å². The number of aliphatic imine (C=N–C) groups is 1. The molecule has 0 aliphatic carbocycles. The maximum absolute atomic E-state index is 5.39. The first-order valence-corrected chi connectivity index (χ1v) is 8.83. The molecule has 0 atom stereocenters. The van der Waals surface area contributed by atoms with Gasteiger partial charge in [0.15, 0.2) is 5.96 Å². The van der Waals surface area contributed by atoms with Crippen molar-refractivity contribution < 1.29 is 4.74 Å². The van der Waals surface area contributed by atoms with Gasteiger partial charge in [0, 0.05) is 31.3 Å². The van der Waals surface area contributed by atoms with Crippen LogP contribution in [0.15, 0.2) is 10.4 Å². The van der Waals surface area contributed by atoms with Crippen LogP contribution in [0, 0.1) is 6.92 Å². The van der Waals surface area contributed by atoms with E-state index >= 15 is 0 Å². The number of aromatic nitrogens is 1. The van der Waals surface area contributed by atoms with Gasteiger partial charge in [-0.1, -0.05) is 0 Å². The van der Waals surface area contributed by atoms with Crippen LogP contribution in [0.1, 0.15) is 44.3 Å². The quantitative estimate of drug-likeness (QED) is 0.260. The zero-order valence-electron chi connectivity index (χ0n) is 14.9. The lowest BCUT2D eigenvalue weighted by Crippen LogP contribution is -2.39. The first-order chi connectivity index (χ1) is 10.5. The number of nitrogens with one attached hydrogen (secondary N) is 2. The summed E-state index contributed by atoms with van der Waals surface area (Å²) in [6.45, 7) is 10.6. The van der Waals surface area contributed by atoms with Gasteiger partial charge >= 0.3 is 0 Å². The number of methoxy groups -OCH3 is 1. The van der Waals surface area contributed by atoms with E-state index in [2.05, 4.69) is 32.9 Å². The highest BCUT2D eigenvalue weighted by Crippen LogP contribution is 2.11. The van der Waals surface area contributed by atoms with Crippen molar-refractivity contribution in [1.29, 1.82) is 0 Å². The Labute approximate surface area is 161 Å². The van der Waals surface area contributed by atoms with Crippen molar-refractivity contribution >= 4 is 41.3 Å². The summed E-state index contributed by atoms with van der Waals surface area (Å²) in [6, 6.07) is 0. The summed E-state index contributed by atoms with van der Waals surface area (Å²) in [6.07, 6.45) is 3.31. The third-order valence-corrected chi connectivity index (χ3v) is 4.32. The summed E-state index contributed by atoms with van der Waals surface area (Å²) in [5.74, 6) is 0.859. The van der Waals surface area contributed by atoms with Crippen molar-refractivity contribution in [3.8, 4) is 0 Å². The molecule has 23 heavy (non-hydrogen) atoms.